The number of rotatable bonds is 2. The van der Waals surface area contributed by atoms with Crippen molar-refractivity contribution in [2.75, 3.05) is 0 Å². The normalized spacial score (nSPS) is 10.3. The molecular formula is C13H7ClF2O. The molecule has 0 saturated carbocycles. The van der Waals surface area contributed by atoms with Gasteiger partial charge in [0, 0.05) is 5.56 Å². The minimum atomic E-state index is -0.926. The van der Waals surface area contributed by atoms with Crippen molar-refractivity contribution in [3.05, 3.63) is 58.6 Å². The van der Waals surface area contributed by atoms with E-state index in [4.69, 9.17) is 11.6 Å². The average molecular weight is 253 g/mol. The lowest BCUT2D eigenvalue weighted by atomic mass is 10.0. The molecule has 17 heavy (non-hydrogen) atoms. The number of carbonyl (C=O) groups excluding carboxylic acids is 1. The predicted molar refractivity (Wildman–Crippen MR) is 62.2 cm³/mol. The molecule has 0 bridgehead atoms. The van der Waals surface area contributed by atoms with Gasteiger partial charge in [0.05, 0.1) is 5.02 Å². The fraction of sp³-hybridized carbons (Fsp3) is 0. The summed E-state index contributed by atoms with van der Waals surface area (Å²) in [6.07, 6.45) is 0.617. The number of benzene rings is 2. The van der Waals surface area contributed by atoms with E-state index in [1.54, 1.807) is 12.1 Å². The fourth-order valence-corrected chi connectivity index (χ4v) is 1.65. The van der Waals surface area contributed by atoms with Crippen LogP contribution in [0.25, 0.3) is 11.1 Å². The van der Waals surface area contributed by atoms with Crippen LogP contribution < -0.4 is 0 Å². The Bertz CT molecular complexity index is 582. The molecule has 0 N–H and O–H groups in total. The molecule has 0 saturated heterocycles. The number of hydrogen-bond donors (Lipinski definition) is 0. The largest absolute Gasteiger partial charge is 0.298 e. The minimum absolute atomic E-state index is 0.314. The van der Waals surface area contributed by atoms with Gasteiger partial charge in [-0.05, 0) is 35.4 Å². The van der Waals surface area contributed by atoms with E-state index in [2.05, 4.69) is 0 Å². The summed E-state index contributed by atoms with van der Waals surface area (Å²) in [6.45, 7) is 0. The summed E-state index contributed by atoms with van der Waals surface area (Å²) >= 11 is 5.77. The maximum absolute atomic E-state index is 13.1. The Labute approximate surface area is 102 Å². The highest BCUT2D eigenvalue weighted by Gasteiger charge is 2.06. The Balaban J connectivity index is 2.52. The van der Waals surface area contributed by atoms with Crippen LogP contribution in [0, 0.1) is 11.6 Å². The van der Waals surface area contributed by atoms with Gasteiger partial charge < -0.3 is 0 Å². The van der Waals surface area contributed by atoms with Crippen molar-refractivity contribution in [3.63, 3.8) is 0 Å². The summed E-state index contributed by atoms with van der Waals surface area (Å²) in [7, 11) is 0. The maximum Gasteiger partial charge on any atom is 0.159 e. The van der Waals surface area contributed by atoms with Gasteiger partial charge in [-0.15, -0.1) is 0 Å². The molecule has 0 heterocycles. The van der Waals surface area contributed by atoms with E-state index >= 15 is 0 Å². The number of carbonyl (C=O) groups is 1. The Morgan fingerprint density at radius 3 is 2.24 bits per heavy atom. The van der Waals surface area contributed by atoms with E-state index in [1.165, 1.54) is 12.1 Å². The van der Waals surface area contributed by atoms with E-state index < -0.39 is 11.6 Å². The molecule has 86 valence electrons. The molecule has 0 amide bonds. The number of hydrogen-bond acceptors (Lipinski definition) is 1. The topological polar surface area (TPSA) is 17.1 Å². The zero-order valence-electron chi connectivity index (χ0n) is 8.58. The molecule has 0 atom stereocenters. The Morgan fingerprint density at radius 2 is 1.59 bits per heavy atom. The molecule has 0 aromatic heterocycles. The Hall–Kier alpha value is -1.74. The molecule has 4 heteroatoms. The van der Waals surface area contributed by atoms with E-state index in [0.717, 1.165) is 12.1 Å². The van der Waals surface area contributed by atoms with Gasteiger partial charge in [0.1, 0.15) is 0 Å². The van der Waals surface area contributed by atoms with Crippen molar-refractivity contribution in [1.82, 2.24) is 0 Å². The summed E-state index contributed by atoms with van der Waals surface area (Å²) in [5, 5.41) is 0.325. The van der Waals surface area contributed by atoms with Crippen molar-refractivity contribution >= 4 is 17.9 Å². The van der Waals surface area contributed by atoms with Crippen LogP contribution in [0.2, 0.25) is 5.02 Å². The highest BCUT2D eigenvalue weighted by Crippen LogP contribution is 2.25. The fourth-order valence-electron chi connectivity index (χ4n) is 1.49. The third kappa shape index (κ3) is 2.34. The van der Waals surface area contributed by atoms with Crippen LogP contribution in [0.1, 0.15) is 10.4 Å². The first-order valence-electron chi connectivity index (χ1n) is 4.82. The first kappa shape index (κ1) is 11.7. The summed E-state index contributed by atoms with van der Waals surface area (Å²) in [5.41, 5.74) is 1.41. The lowest BCUT2D eigenvalue weighted by molar-refractivity contribution is 0.112. The smallest absolute Gasteiger partial charge is 0.159 e. The molecule has 2 aromatic rings. The van der Waals surface area contributed by atoms with E-state index in [-0.39, 0.29) is 0 Å². The van der Waals surface area contributed by atoms with E-state index in [0.29, 0.717) is 28.0 Å². The molecule has 0 aliphatic heterocycles. The van der Waals surface area contributed by atoms with Crippen LogP contribution in [-0.4, -0.2) is 6.29 Å². The third-order valence-electron chi connectivity index (χ3n) is 2.38. The third-order valence-corrected chi connectivity index (χ3v) is 2.72. The van der Waals surface area contributed by atoms with Gasteiger partial charge in [0.25, 0.3) is 0 Å². The lowest BCUT2D eigenvalue weighted by Crippen LogP contribution is -1.88. The second-order valence-corrected chi connectivity index (χ2v) is 3.89. The van der Waals surface area contributed by atoms with Crippen LogP contribution in [0.4, 0.5) is 8.78 Å². The van der Waals surface area contributed by atoms with Gasteiger partial charge in [-0.2, -0.15) is 0 Å². The zero-order valence-corrected chi connectivity index (χ0v) is 9.34. The van der Waals surface area contributed by atoms with Gasteiger partial charge in [-0.1, -0.05) is 23.7 Å². The van der Waals surface area contributed by atoms with Gasteiger partial charge in [-0.3, -0.25) is 4.79 Å². The van der Waals surface area contributed by atoms with Crippen molar-refractivity contribution in [1.29, 1.82) is 0 Å². The average Bonchev–Trinajstić information content (AvgIpc) is 2.33. The number of aldehydes is 1. The van der Waals surface area contributed by atoms with Gasteiger partial charge in [0.15, 0.2) is 17.9 Å². The Kier molecular flexibility index (Phi) is 3.20. The molecule has 0 aliphatic carbocycles. The molecule has 2 aromatic carbocycles. The summed E-state index contributed by atoms with van der Waals surface area (Å²) in [6, 6.07) is 8.27. The summed E-state index contributed by atoms with van der Waals surface area (Å²) in [5.74, 6) is -1.83. The van der Waals surface area contributed by atoms with Crippen molar-refractivity contribution in [2.45, 2.75) is 0 Å². The second-order valence-electron chi connectivity index (χ2n) is 3.48. The SMILES string of the molecule is O=Cc1cc(-c2ccc(F)c(F)c2)ccc1Cl. The molecule has 1 nitrogen and oxygen atoms in total. The van der Waals surface area contributed by atoms with Gasteiger partial charge in [0.2, 0.25) is 0 Å². The van der Waals surface area contributed by atoms with Crippen LogP contribution in [0.15, 0.2) is 36.4 Å². The molecular weight excluding hydrogens is 246 g/mol. The van der Waals surface area contributed by atoms with Crippen LogP contribution in [0.5, 0.6) is 0 Å². The van der Waals surface area contributed by atoms with E-state index in [1.807, 2.05) is 0 Å². The Morgan fingerprint density at radius 1 is 0.941 bits per heavy atom. The predicted octanol–water partition coefficient (Wildman–Crippen LogP) is 4.10. The van der Waals surface area contributed by atoms with Crippen molar-refractivity contribution in [3.8, 4) is 11.1 Å². The first-order valence-corrected chi connectivity index (χ1v) is 5.20. The highest BCUT2D eigenvalue weighted by atomic mass is 35.5. The highest BCUT2D eigenvalue weighted by molar-refractivity contribution is 6.33. The summed E-state index contributed by atoms with van der Waals surface area (Å²) in [4.78, 5) is 10.7. The molecule has 0 unspecified atom stereocenters. The second kappa shape index (κ2) is 4.63. The quantitative estimate of drug-likeness (QED) is 0.736. The monoisotopic (exact) mass is 252 g/mol. The van der Waals surface area contributed by atoms with E-state index in [9.17, 15) is 13.6 Å². The minimum Gasteiger partial charge on any atom is -0.298 e. The summed E-state index contributed by atoms with van der Waals surface area (Å²) < 4.78 is 25.8. The van der Waals surface area contributed by atoms with Crippen LogP contribution >= 0.6 is 11.6 Å². The molecule has 2 rings (SSSR count). The van der Waals surface area contributed by atoms with Gasteiger partial charge in [-0.25, -0.2) is 8.78 Å². The van der Waals surface area contributed by atoms with Crippen LogP contribution in [0.3, 0.4) is 0 Å². The first-order chi connectivity index (χ1) is 8.11. The zero-order chi connectivity index (χ0) is 12.4. The maximum atomic E-state index is 13.1. The standard InChI is InChI=1S/C13H7ClF2O/c14-11-3-1-8(5-10(11)7-17)9-2-4-12(15)13(16)6-9/h1-7H. The number of halogens is 3. The molecule has 0 aliphatic rings. The van der Waals surface area contributed by atoms with Crippen molar-refractivity contribution in [2.24, 2.45) is 0 Å². The lowest BCUT2D eigenvalue weighted by Gasteiger charge is -2.04. The van der Waals surface area contributed by atoms with Crippen molar-refractivity contribution < 1.29 is 13.6 Å². The molecule has 0 fully saturated rings. The molecule has 0 spiro atoms. The van der Waals surface area contributed by atoms with Gasteiger partial charge >= 0.3 is 0 Å². The molecule has 0 radical (unpaired) electrons. The van der Waals surface area contributed by atoms with Crippen LogP contribution in [-0.2, 0) is 0 Å².